The number of benzene rings is 3. The lowest BCUT2D eigenvalue weighted by molar-refractivity contribution is 0.391. The second-order valence-electron chi connectivity index (χ2n) is 4.98. The first-order valence-corrected chi connectivity index (χ1v) is 8.21. The van der Waals surface area contributed by atoms with E-state index >= 15 is 0 Å². The number of nitrogens with one attached hydrogen (secondary N) is 1. The fourth-order valence-electron chi connectivity index (χ4n) is 2.18. The number of anilines is 1. The summed E-state index contributed by atoms with van der Waals surface area (Å²) >= 11 is 0. The van der Waals surface area contributed by atoms with Gasteiger partial charge in [0.1, 0.15) is 4.90 Å². The zero-order valence-electron chi connectivity index (χ0n) is 12.0. The molecule has 0 saturated heterocycles. The minimum atomic E-state index is -3.91. The summed E-state index contributed by atoms with van der Waals surface area (Å²) in [5.74, 6) is 0. The fraction of sp³-hybridized carbons (Fsp3) is 0.0588. The maximum absolute atomic E-state index is 12.4. The van der Waals surface area contributed by atoms with E-state index < -0.39 is 10.1 Å². The molecule has 0 bridgehead atoms. The molecular weight excluding hydrogens is 298 g/mol. The molecule has 0 saturated carbocycles. The highest BCUT2D eigenvalue weighted by molar-refractivity contribution is 7.87. The van der Waals surface area contributed by atoms with Crippen LogP contribution in [0.25, 0.3) is 10.8 Å². The van der Waals surface area contributed by atoms with E-state index in [1.807, 2.05) is 37.3 Å². The smallest absolute Gasteiger partial charge is 0.249 e. The van der Waals surface area contributed by atoms with Crippen molar-refractivity contribution in [2.24, 2.45) is 0 Å². The lowest BCUT2D eigenvalue weighted by Crippen LogP contribution is -2.12. The van der Waals surface area contributed by atoms with E-state index in [9.17, 15) is 8.42 Å². The first kappa shape index (κ1) is 14.6. The molecule has 0 spiro atoms. The number of rotatable bonds is 4. The van der Waals surface area contributed by atoms with Crippen molar-refractivity contribution < 1.29 is 12.7 Å². The van der Waals surface area contributed by atoms with Gasteiger partial charge in [-0.2, -0.15) is 8.42 Å². The first-order valence-electron chi connectivity index (χ1n) is 6.80. The lowest BCUT2D eigenvalue weighted by atomic mass is 10.1. The molecule has 0 amide bonds. The van der Waals surface area contributed by atoms with Crippen molar-refractivity contribution in [2.75, 3.05) is 5.48 Å². The van der Waals surface area contributed by atoms with Crippen LogP contribution in [0.1, 0.15) is 5.56 Å². The van der Waals surface area contributed by atoms with Crippen LogP contribution in [0.2, 0.25) is 0 Å². The van der Waals surface area contributed by atoms with Crippen molar-refractivity contribution >= 4 is 26.6 Å². The van der Waals surface area contributed by atoms with Crippen LogP contribution in [0.4, 0.5) is 5.69 Å². The summed E-state index contributed by atoms with van der Waals surface area (Å²) in [5.41, 5.74) is 4.15. The Balaban J connectivity index is 1.90. The molecule has 22 heavy (non-hydrogen) atoms. The third-order valence-electron chi connectivity index (χ3n) is 3.34. The second kappa shape index (κ2) is 5.79. The number of hydrogen-bond donors (Lipinski definition) is 1. The molecule has 3 aromatic rings. The molecule has 0 aliphatic carbocycles. The normalized spacial score (nSPS) is 11.5. The summed E-state index contributed by atoms with van der Waals surface area (Å²) in [5, 5.41) is 1.48. The molecule has 0 unspecified atom stereocenters. The SMILES string of the molecule is Cc1ccc(NOS(=O)(=O)c2cccc3ccccc23)cc1. The molecule has 3 aromatic carbocycles. The van der Waals surface area contributed by atoms with Gasteiger partial charge in [-0.15, -0.1) is 4.28 Å². The highest BCUT2D eigenvalue weighted by Gasteiger charge is 2.18. The highest BCUT2D eigenvalue weighted by Crippen LogP contribution is 2.24. The average molecular weight is 313 g/mol. The van der Waals surface area contributed by atoms with E-state index in [4.69, 9.17) is 4.28 Å². The van der Waals surface area contributed by atoms with E-state index in [0.29, 0.717) is 11.1 Å². The van der Waals surface area contributed by atoms with Crippen molar-refractivity contribution in [3.63, 3.8) is 0 Å². The Morgan fingerprint density at radius 2 is 1.55 bits per heavy atom. The first-order chi connectivity index (χ1) is 10.6. The van der Waals surface area contributed by atoms with Gasteiger partial charge < -0.3 is 0 Å². The quantitative estimate of drug-likeness (QED) is 0.743. The maximum atomic E-state index is 12.4. The van der Waals surface area contributed by atoms with Crippen LogP contribution < -0.4 is 5.48 Å². The Labute approximate surface area is 129 Å². The van der Waals surface area contributed by atoms with Gasteiger partial charge in [-0.25, -0.2) is 5.48 Å². The minimum Gasteiger partial charge on any atom is -0.249 e. The van der Waals surface area contributed by atoms with Gasteiger partial charge in [0.2, 0.25) is 0 Å². The molecular formula is C17H15NO3S. The van der Waals surface area contributed by atoms with Gasteiger partial charge in [-0.05, 0) is 30.5 Å². The molecule has 4 nitrogen and oxygen atoms in total. The highest BCUT2D eigenvalue weighted by atomic mass is 32.2. The van der Waals surface area contributed by atoms with Gasteiger partial charge >= 0.3 is 10.1 Å². The fourth-order valence-corrected chi connectivity index (χ4v) is 3.18. The number of fused-ring (bicyclic) bond motifs is 1. The predicted molar refractivity (Wildman–Crippen MR) is 87.0 cm³/mol. The van der Waals surface area contributed by atoms with Gasteiger partial charge in [0, 0.05) is 5.39 Å². The van der Waals surface area contributed by atoms with E-state index in [1.165, 1.54) is 6.07 Å². The zero-order chi connectivity index (χ0) is 15.6. The third kappa shape index (κ3) is 2.95. The van der Waals surface area contributed by atoms with E-state index in [0.717, 1.165) is 10.9 Å². The summed E-state index contributed by atoms with van der Waals surface area (Å²) in [6, 6.07) is 19.6. The molecule has 112 valence electrons. The van der Waals surface area contributed by atoms with Gasteiger partial charge in [-0.3, -0.25) is 0 Å². The van der Waals surface area contributed by atoms with Crippen molar-refractivity contribution in [3.05, 3.63) is 72.3 Å². The van der Waals surface area contributed by atoms with Crippen LogP contribution in [0.3, 0.4) is 0 Å². The molecule has 0 aliphatic heterocycles. The summed E-state index contributed by atoms with van der Waals surface area (Å²) in [6.07, 6.45) is 0. The van der Waals surface area contributed by atoms with Crippen LogP contribution in [-0.2, 0) is 14.4 Å². The molecule has 0 atom stereocenters. The Kier molecular flexibility index (Phi) is 3.83. The van der Waals surface area contributed by atoms with Crippen LogP contribution in [-0.4, -0.2) is 8.42 Å². The largest absolute Gasteiger partial charge is 0.318 e. The minimum absolute atomic E-state index is 0.144. The number of hydrogen-bond acceptors (Lipinski definition) is 4. The zero-order valence-corrected chi connectivity index (χ0v) is 12.8. The topological polar surface area (TPSA) is 55.4 Å². The van der Waals surface area contributed by atoms with Crippen LogP contribution in [0.5, 0.6) is 0 Å². The van der Waals surface area contributed by atoms with Crippen LogP contribution in [0.15, 0.2) is 71.6 Å². The Hall–Kier alpha value is -2.37. The molecule has 0 heterocycles. The average Bonchev–Trinajstić information content (AvgIpc) is 2.54. The van der Waals surface area contributed by atoms with E-state index in [-0.39, 0.29) is 4.90 Å². The molecule has 0 fully saturated rings. The Bertz CT molecular complexity index is 897. The molecule has 0 aliphatic rings. The van der Waals surface area contributed by atoms with Gasteiger partial charge in [-0.1, -0.05) is 54.1 Å². The summed E-state index contributed by atoms with van der Waals surface area (Å²) in [6.45, 7) is 1.96. The third-order valence-corrected chi connectivity index (χ3v) is 4.54. The molecule has 0 radical (unpaired) electrons. The molecule has 1 N–H and O–H groups in total. The van der Waals surface area contributed by atoms with Crippen LogP contribution >= 0.6 is 0 Å². The van der Waals surface area contributed by atoms with Crippen molar-refractivity contribution in [1.82, 2.24) is 0 Å². The van der Waals surface area contributed by atoms with Crippen molar-refractivity contribution in [2.45, 2.75) is 11.8 Å². The predicted octanol–water partition coefficient (Wildman–Crippen LogP) is 3.88. The van der Waals surface area contributed by atoms with E-state index in [1.54, 1.807) is 30.3 Å². The Morgan fingerprint density at radius 3 is 2.32 bits per heavy atom. The summed E-state index contributed by atoms with van der Waals surface area (Å²) in [4.78, 5) is 0.144. The van der Waals surface area contributed by atoms with Gasteiger partial charge in [0.05, 0.1) is 5.69 Å². The monoisotopic (exact) mass is 313 g/mol. The van der Waals surface area contributed by atoms with Gasteiger partial charge in [0.25, 0.3) is 0 Å². The van der Waals surface area contributed by atoms with Crippen molar-refractivity contribution in [1.29, 1.82) is 0 Å². The standard InChI is InChI=1S/C17H15NO3S/c1-13-9-11-15(12-10-13)18-21-22(19,20)17-8-4-6-14-5-2-3-7-16(14)17/h2-12,18H,1H3. The van der Waals surface area contributed by atoms with Gasteiger partial charge in [0.15, 0.2) is 0 Å². The van der Waals surface area contributed by atoms with Crippen molar-refractivity contribution in [3.8, 4) is 0 Å². The second-order valence-corrected chi connectivity index (χ2v) is 6.50. The summed E-state index contributed by atoms with van der Waals surface area (Å²) < 4.78 is 29.8. The lowest BCUT2D eigenvalue weighted by Gasteiger charge is -2.09. The maximum Gasteiger partial charge on any atom is 0.318 e. The summed E-state index contributed by atoms with van der Waals surface area (Å²) in [7, 11) is -3.91. The molecule has 5 heteroatoms. The Morgan fingerprint density at radius 1 is 0.864 bits per heavy atom. The van der Waals surface area contributed by atoms with Crippen LogP contribution in [0, 0.1) is 6.92 Å². The number of aryl methyl sites for hydroxylation is 1. The molecule has 0 aromatic heterocycles. The van der Waals surface area contributed by atoms with E-state index in [2.05, 4.69) is 5.48 Å². The molecule has 3 rings (SSSR count).